The lowest BCUT2D eigenvalue weighted by atomic mass is 9.69. The van der Waals surface area contributed by atoms with Gasteiger partial charge in [-0.2, -0.15) is 0 Å². The lowest BCUT2D eigenvalue weighted by Gasteiger charge is -2.35. The fourth-order valence-electron chi connectivity index (χ4n) is 6.57. The molecule has 0 N–H and O–H groups in total. The highest BCUT2D eigenvalue weighted by Gasteiger charge is 2.34. The van der Waals surface area contributed by atoms with Crippen molar-refractivity contribution in [3.63, 3.8) is 0 Å². The van der Waals surface area contributed by atoms with Crippen LogP contribution in [0.2, 0.25) is 0 Å². The summed E-state index contributed by atoms with van der Waals surface area (Å²) in [6.45, 7) is 22.9. The fourth-order valence-corrected chi connectivity index (χ4v) is 6.57. The van der Waals surface area contributed by atoms with Gasteiger partial charge in [0.05, 0.1) is 11.1 Å². The zero-order valence-electron chi connectivity index (χ0n) is 31.4. The van der Waals surface area contributed by atoms with Crippen molar-refractivity contribution in [2.24, 2.45) is 0 Å². The molecule has 1 atom stereocenters. The predicted molar refractivity (Wildman–Crippen MR) is 199 cm³/mol. The number of esters is 2. The van der Waals surface area contributed by atoms with Gasteiger partial charge in [0.15, 0.2) is 0 Å². The van der Waals surface area contributed by atoms with Gasteiger partial charge in [-0.15, -0.1) is 0 Å². The minimum absolute atomic E-state index is 0.222. The van der Waals surface area contributed by atoms with Gasteiger partial charge in [-0.1, -0.05) is 81.8 Å². The van der Waals surface area contributed by atoms with Crippen LogP contribution in [0.15, 0.2) is 78.9 Å². The molecule has 0 saturated carbocycles. The zero-order valence-corrected chi connectivity index (χ0v) is 31.4. The van der Waals surface area contributed by atoms with Crippen molar-refractivity contribution >= 4 is 11.9 Å². The van der Waals surface area contributed by atoms with Crippen LogP contribution in [-0.4, -0.2) is 23.1 Å². The summed E-state index contributed by atoms with van der Waals surface area (Å²) in [6.07, 6.45) is 3.54. The molecule has 0 spiro atoms. The van der Waals surface area contributed by atoms with E-state index in [-0.39, 0.29) is 5.60 Å². The van der Waals surface area contributed by atoms with Gasteiger partial charge in [0, 0.05) is 5.41 Å². The van der Waals surface area contributed by atoms with Crippen molar-refractivity contribution in [2.45, 2.75) is 118 Å². The van der Waals surface area contributed by atoms with E-state index in [9.17, 15) is 9.59 Å². The zero-order chi connectivity index (χ0) is 36.1. The fraction of sp³-hybridized carbons (Fsp3) is 0.409. The van der Waals surface area contributed by atoms with Gasteiger partial charge in [0.1, 0.15) is 22.7 Å². The number of carbonyl (C=O) groups excluding carboxylic acids is 2. The minimum Gasteiger partial charge on any atom is -0.487 e. The lowest BCUT2D eigenvalue weighted by molar-refractivity contribution is -0.00475. The molecule has 5 nitrogen and oxygen atoms in total. The van der Waals surface area contributed by atoms with Crippen LogP contribution < -0.4 is 9.47 Å². The third-order valence-corrected chi connectivity index (χ3v) is 10.0. The summed E-state index contributed by atoms with van der Waals surface area (Å²) in [5.41, 5.74) is 6.83. The molecule has 0 bridgehead atoms. The Morgan fingerprint density at radius 2 is 1.04 bits per heavy atom. The van der Waals surface area contributed by atoms with Crippen LogP contribution in [0, 0.1) is 27.7 Å². The highest BCUT2D eigenvalue weighted by atomic mass is 16.6. The molecule has 0 amide bonds. The van der Waals surface area contributed by atoms with Gasteiger partial charge in [0.2, 0.25) is 0 Å². The average molecular weight is 663 g/mol. The van der Waals surface area contributed by atoms with Crippen molar-refractivity contribution in [3.8, 4) is 11.5 Å². The summed E-state index contributed by atoms with van der Waals surface area (Å²) in [4.78, 5) is 26.0. The molecular weight excluding hydrogens is 608 g/mol. The van der Waals surface area contributed by atoms with E-state index in [4.69, 9.17) is 14.2 Å². The van der Waals surface area contributed by atoms with Gasteiger partial charge >= 0.3 is 11.9 Å². The van der Waals surface area contributed by atoms with Crippen molar-refractivity contribution in [1.29, 1.82) is 0 Å². The Balaban J connectivity index is 1.67. The summed E-state index contributed by atoms with van der Waals surface area (Å²) in [5, 5.41) is 0. The molecule has 5 heteroatoms. The quantitative estimate of drug-likeness (QED) is 0.0810. The molecule has 0 aliphatic heterocycles. The van der Waals surface area contributed by atoms with E-state index in [0.29, 0.717) is 16.9 Å². The molecule has 0 aliphatic carbocycles. The first-order valence-electron chi connectivity index (χ1n) is 17.6. The molecule has 4 rings (SSSR count). The third kappa shape index (κ3) is 8.26. The van der Waals surface area contributed by atoms with Crippen molar-refractivity contribution in [1.82, 2.24) is 0 Å². The summed E-state index contributed by atoms with van der Waals surface area (Å²) >= 11 is 0. The average Bonchev–Trinajstić information content (AvgIpc) is 3.07. The molecule has 4 aromatic carbocycles. The Kier molecular flexibility index (Phi) is 11.5. The smallest absolute Gasteiger partial charge is 0.343 e. The molecule has 0 fully saturated rings. The molecule has 0 aromatic heterocycles. The van der Waals surface area contributed by atoms with Gasteiger partial charge in [-0.25, -0.2) is 9.59 Å². The first kappa shape index (κ1) is 37.4. The largest absolute Gasteiger partial charge is 0.487 e. The first-order chi connectivity index (χ1) is 23.1. The number of benzene rings is 4. The maximum Gasteiger partial charge on any atom is 0.343 e. The van der Waals surface area contributed by atoms with E-state index in [2.05, 4.69) is 97.0 Å². The number of hydrogen-bond acceptors (Lipinski definition) is 5. The molecular formula is C44H54O5. The van der Waals surface area contributed by atoms with Crippen LogP contribution in [0.1, 0.15) is 134 Å². The van der Waals surface area contributed by atoms with E-state index in [1.54, 1.807) is 24.3 Å². The van der Waals surface area contributed by atoms with Crippen molar-refractivity contribution < 1.29 is 23.8 Å². The highest BCUT2D eigenvalue weighted by Crippen LogP contribution is 2.44. The summed E-state index contributed by atoms with van der Waals surface area (Å²) < 4.78 is 18.3. The Bertz CT molecular complexity index is 1730. The number of rotatable bonds is 13. The second kappa shape index (κ2) is 15.0. The van der Waals surface area contributed by atoms with Crippen LogP contribution in [0.3, 0.4) is 0 Å². The van der Waals surface area contributed by atoms with Gasteiger partial charge in [-0.3, -0.25) is 0 Å². The molecule has 4 aromatic rings. The lowest BCUT2D eigenvalue weighted by Crippen LogP contribution is -2.31. The van der Waals surface area contributed by atoms with E-state index in [1.807, 2.05) is 33.8 Å². The molecule has 1 unspecified atom stereocenters. The van der Waals surface area contributed by atoms with Crippen molar-refractivity contribution in [3.05, 3.63) is 129 Å². The second-order valence-corrected chi connectivity index (χ2v) is 14.5. The van der Waals surface area contributed by atoms with Crippen LogP contribution in [0.25, 0.3) is 0 Å². The maximum absolute atomic E-state index is 13.3. The molecule has 0 radical (unpaired) electrons. The molecule has 0 heterocycles. The molecule has 260 valence electrons. The Morgan fingerprint density at radius 3 is 1.49 bits per heavy atom. The first-order valence-corrected chi connectivity index (χ1v) is 17.6. The Labute approximate surface area is 294 Å². The highest BCUT2D eigenvalue weighted by molar-refractivity contribution is 5.94. The van der Waals surface area contributed by atoms with E-state index < -0.39 is 23.0 Å². The second-order valence-electron chi connectivity index (χ2n) is 14.5. The van der Waals surface area contributed by atoms with Crippen LogP contribution in [-0.2, 0) is 10.2 Å². The monoisotopic (exact) mass is 662 g/mol. The maximum atomic E-state index is 13.3. The molecule has 0 saturated heterocycles. The number of hydrogen-bond donors (Lipinski definition) is 0. The minimum atomic E-state index is -0.553. The molecule has 0 aliphatic rings. The van der Waals surface area contributed by atoms with Gasteiger partial charge in [-0.05, 0) is 138 Å². The van der Waals surface area contributed by atoms with Crippen molar-refractivity contribution in [2.75, 3.05) is 0 Å². The number of carbonyl (C=O) groups is 2. The predicted octanol–water partition coefficient (Wildman–Crippen LogP) is 11.2. The van der Waals surface area contributed by atoms with Crippen LogP contribution in [0.4, 0.5) is 0 Å². The van der Waals surface area contributed by atoms with Crippen LogP contribution >= 0.6 is 0 Å². The van der Waals surface area contributed by atoms with Crippen LogP contribution in [0.5, 0.6) is 11.5 Å². The summed E-state index contributed by atoms with van der Waals surface area (Å²) in [7, 11) is 0. The third-order valence-electron chi connectivity index (χ3n) is 10.0. The number of ether oxygens (including phenoxy) is 3. The number of aryl methyl sites for hydroxylation is 4. The summed E-state index contributed by atoms with van der Waals surface area (Å²) in [6, 6.07) is 25.7. The topological polar surface area (TPSA) is 61.8 Å². The molecule has 49 heavy (non-hydrogen) atoms. The normalized spacial score (nSPS) is 13.0. The van der Waals surface area contributed by atoms with Gasteiger partial charge in [0.25, 0.3) is 0 Å². The SMILES string of the molecule is CCCC(C)(C)OC(=O)c1ccc(C(=O)Oc2c(C)cc(C(C)(c3ccccc3)c3cc(C)c(OC(C)(CC)CC)c(C)c3)cc2C)cc1. The summed E-state index contributed by atoms with van der Waals surface area (Å²) in [5.74, 6) is 0.591. The Hall–Kier alpha value is -4.38. The van der Waals surface area contributed by atoms with E-state index in [1.165, 1.54) is 0 Å². The van der Waals surface area contributed by atoms with E-state index in [0.717, 1.165) is 70.4 Å². The van der Waals surface area contributed by atoms with Gasteiger partial charge < -0.3 is 14.2 Å². The Morgan fingerprint density at radius 1 is 0.592 bits per heavy atom. The van der Waals surface area contributed by atoms with E-state index >= 15 is 0 Å². The standard InChI is InChI=1S/C44H54O5/c1-12-24-42(8,9)49-41(46)34-22-20-33(21-23-34)40(45)47-38-29(4)25-36(26-30(38)5)44(11,35-18-16-15-17-19-35)37-27-31(6)39(32(7)28-37)48-43(10,13-2)14-3/h15-23,25-28H,12-14,24H2,1-11H3.